The zero-order chi connectivity index (χ0) is 11.0. The van der Waals surface area contributed by atoms with Crippen LogP contribution in [0.5, 0.6) is 0 Å². The van der Waals surface area contributed by atoms with Gasteiger partial charge in [-0.15, -0.1) is 0 Å². The van der Waals surface area contributed by atoms with Crippen LogP contribution >= 0.6 is 0 Å². The fraction of sp³-hybridized carbons (Fsp3) is 0.400. The highest BCUT2D eigenvalue weighted by atomic mass is 16.4. The van der Waals surface area contributed by atoms with E-state index >= 15 is 0 Å². The highest BCUT2D eigenvalue weighted by Crippen LogP contribution is 2.23. The molecule has 0 aromatic carbocycles. The number of hydrogen-bond donors (Lipinski definition) is 2. The zero-order valence-corrected chi connectivity index (χ0v) is 8.06. The van der Waals surface area contributed by atoms with E-state index in [0.29, 0.717) is 18.7 Å². The maximum absolute atomic E-state index is 10.9. The summed E-state index contributed by atoms with van der Waals surface area (Å²) in [6.07, 6.45) is 2.47. The van der Waals surface area contributed by atoms with Crippen molar-refractivity contribution < 1.29 is 19.8 Å². The summed E-state index contributed by atoms with van der Waals surface area (Å²) in [5, 5.41) is 17.9. The number of carboxylic acid groups (broad SMARTS) is 2. The van der Waals surface area contributed by atoms with E-state index in [1.807, 2.05) is 0 Å². The van der Waals surface area contributed by atoms with Crippen molar-refractivity contribution in [3.8, 4) is 0 Å². The second-order valence-electron chi connectivity index (χ2n) is 3.61. The van der Waals surface area contributed by atoms with Gasteiger partial charge in [-0.3, -0.25) is 0 Å². The molecule has 0 amide bonds. The first-order valence-electron chi connectivity index (χ1n) is 4.80. The lowest BCUT2D eigenvalue weighted by Crippen LogP contribution is -2.16. The number of rotatable bonds is 2. The van der Waals surface area contributed by atoms with Gasteiger partial charge in [0.1, 0.15) is 5.69 Å². The lowest BCUT2D eigenvalue weighted by molar-refractivity contribution is 0.0679. The van der Waals surface area contributed by atoms with Crippen LogP contribution in [-0.2, 0) is 13.0 Å². The number of nitrogens with zero attached hydrogens (tertiary/aromatic N) is 1. The fourth-order valence-corrected chi connectivity index (χ4v) is 2.04. The molecule has 2 N–H and O–H groups in total. The molecule has 1 aliphatic heterocycles. The molecule has 5 heteroatoms. The summed E-state index contributed by atoms with van der Waals surface area (Å²) < 4.78 is 1.61. The molecule has 1 aromatic heterocycles. The minimum Gasteiger partial charge on any atom is -0.478 e. The molecule has 0 atom stereocenters. The van der Waals surface area contributed by atoms with Crippen LogP contribution in [0.15, 0.2) is 6.07 Å². The first-order chi connectivity index (χ1) is 7.11. The van der Waals surface area contributed by atoms with E-state index in [-0.39, 0.29) is 11.3 Å². The average molecular weight is 209 g/mol. The highest BCUT2D eigenvalue weighted by molar-refractivity contribution is 5.94. The molecule has 0 radical (unpaired) electrons. The largest absolute Gasteiger partial charge is 0.478 e. The maximum atomic E-state index is 10.9. The minimum absolute atomic E-state index is 0.0853. The Hall–Kier alpha value is -1.78. The lowest BCUT2D eigenvalue weighted by atomic mass is 10.1. The molecule has 0 aliphatic carbocycles. The first kappa shape index (κ1) is 9.76. The van der Waals surface area contributed by atoms with Gasteiger partial charge >= 0.3 is 11.9 Å². The Morgan fingerprint density at radius 3 is 2.53 bits per heavy atom. The molecule has 0 unspecified atom stereocenters. The van der Waals surface area contributed by atoms with Crippen molar-refractivity contribution in [2.45, 2.75) is 25.8 Å². The Balaban J connectivity index is 2.59. The zero-order valence-electron chi connectivity index (χ0n) is 8.06. The first-order valence-corrected chi connectivity index (χ1v) is 4.80. The Labute approximate surface area is 85.9 Å². The molecular formula is C10H11NO4. The van der Waals surface area contributed by atoms with Crippen molar-refractivity contribution in [1.82, 2.24) is 4.57 Å². The Morgan fingerprint density at radius 2 is 1.93 bits per heavy atom. The van der Waals surface area contributed by atoms with Gasteiger partial charge < -0.3 is 14.8 Å². The standard InChI is InChI=1S/C10H11NO4/c12-9(13)6-5-8(10(14)15)11-4-2-1-3-7(6)11/h5H,1-4H2,(H,12,13)(H,14,15). The third-order valence-electron chi connectivity index (χ3n) is 2.70. The van der Waals surface area contributed by atoms with Crippen molar-refractivity contribution >= 4 is 11.9 Å². The van der Waals surface area contributed by atoms with Crippen LogP contribution < -0.4 is 0 Å². The Morgan fingerprint density at radius 1 is 1.20 bits per heavy atom. The van der Waals surface area contributed by atoms with Crippen molar-refractivity contribution in [3.63, 3.8) is 0 Å². The third-order valence-corrected chi connectivity index (χ3v) is 2.70. The van der Waals surface area contributed by atoms with E-state index in [0.717, 1.165) is 12.8 Å². The number of carbonyl (C=O) groups is 2. The van der Waals surface area contributed by atoms with Gasteiger partial charge in [0.25, 0.3) is 0 Å². The van der Waals surface area contributed by atoms with Crippen molar-refractivity contribution in [2.75, 3.05) is 0 Å². The SMILES string of the molecule is O=C(O)c1cc(C(=O)O)n2c1CCCC2. The second-order valence-corrected chi connectivity index (χ2v) is 3.61. The number of carboxylic acids is 2. The van der Waals surface area contributed by atoms with Gasteiger partial charge in [0.2, 0.25) is 0 Å². The molecule has 0 fully saturated rings. The van der Waals surface area contributed by atoms with Crippen molar-refractivity contribution in [3.05, 3.63) is 23.0 Å². The summed E-state index contributed by atoms with van der Waals surface area (Å²) in [6, 6.07) is 1.26. The summed E-state index contributed by atoms with van der Waals surface area (Å²) >= 11 is 0. The lowest BCUT2D eigenvalue weighted by Gasteiger charge is -2.16. The Bertz CT molecular complexity index is 394. The van der Waals surface area contributed by atoms with Crippen molar-refractivity contribution in [2.24, 2.45) is 0 Å². The van der Waals surface area contributed by atoms with E-state index in [9.17, 15) is 9.59 Å². The van der Waals surface area contributed by atoms with Crippen LogP contribution in [0.3, 0.4) is 0 Å². The molecule has 1 aromatic rings. The van der Waals surface area contributed by atoms with E-state index in [2.05, 4.69) is 0 Å². The third kappa shape index (κ3) is 1.49. The molecule has 1 aliphatic rings. The van der Waals surface area contributed by atoms with Crippen LogP contribution in [-0.4, -0.2) is 26.7 Å². The van der Waals surface area contributed by atoms with Gasteiger partial charge in [0.15, 0.2) is 0 Å². The molecular weight excluding hydrogens is 198 g/mol. The summed E-state index contributed by atoms with van der Waals surface area (Å²) in [6.45, 7) is 0.601. The van der Waals surface area contributed by atoms with Crippen LogP contribution in [0.1, 0.15) is 39.4 Å². The van der Waals surface area contributed by atoms with Crippen LogP contribution in [0.25, 0.3) is 0 Å². The summed E-state index contributed by atoms with van der Waals surface area (Å²) in [7, 11) is 0. The number of aromatic nitrogens is 1. The molecule has 0 saturated heterocycles. The van der Waals surface area contributed by atoms with E-state index in [4.69, 9.17) is 10.2 Å². The fourth-order valence-electron chi connectivity index (χ4n) is 2.04. The van der Waals surface area contributed by atoms with Crippen LogP contribution in [0.4, 0.5) is 0 Å². The molecule has 2 rings (SSSR count). The second kappa shape index (κ2) is 3.42. The van der Waals surface area contributed by atoms with Gasteiger partial charge in [0, 0.05) is 12.2 Å². The predicted octanol–water partition coefficient (Wildman–Crippen LogP) is 1.22. The summed E-state index contributed by atoms with van der Waals surface area (Å²) in [5.41, 5.74) is 0.861. The summed E-state index contributed by atoms with van der Waals surface area (Å²) in [4.78, 5) is 21.8. The van der Waals surface area contributed by atoms with E-state index < -0.39 is 11.9 Å². The van der Waals surface area contributed by atoms with Gasteiger partial charge in [-0.05, 0) is 25.3 Å². The molecule has 0 bridgehead atoms. The van der Waals surface area contributed by atoms with E-state index in [1.54, 1.807) is 4.57 Å². The molecule has 2 heterocycles. The normalized spacial score (nSPS) is 14.7. The number of aromatic carboxylic acids is 2. The van der Waals surface area contributed by atoms with Gasteiger partial charge in [-0.1, -0.05) is 0 Å². The number of hydrogen-bond acceptors (Lipinski definition) is 2. The Kier molecular flexibility index (Phi) is 2.22. The molecule has 5 nitrogen and oxygen atoms in total. The van der Waals surface area contributed by atoms with E-state index in [1.165, 1.54) is 6.07 Å². The van der Waals surface area contributed by atoms with Crippen LogP contribution in [0.2, 0.25) is 0 Å². The molecule has 0 saturated carbocycles. The molecule has 0 spiro atoms. The maximum Gasteiger partial charge on any atom is 0.352 e. The van der Waals surface area contributed by atoms with Gasteiger partial charge in [-0.25, -0.2) is 9.59 Å². The van der Waals surface area contributed by atoms with Gasteiger partial charge in [0.05, 0.1) is 5.56 Å². The topological polar surface area (TPSA) is 79.5 Å². The summed E-state index contributed by atoms with van der Waals surface area (Å²) in [5.74, 6) is -2.11. The highest BCUT2D eigenvalue weighted by Gasteiger charge is 2.24. The smallest absolute Gasteiger partial charge is 0.352 e. The van der Waals surface area contributed by atoms with Crippen LogP contribution in [0, 0.1) is 0 Å². The quantitative estimate of drug-likeness (QED) is 0.767. The molecule has 15 heavy (non-hydrogen) atoms. The monoisotopic (exact) mass is 209 g/mol. The predicted molar refractivity (Wildman–Crippen MR) is 51.3 cm³/mol. The average Bonchev–Trinajstić information content (AvgIpc) is 2.56. The minimum atomic E-state index is -1.06. The molecule has 80 valence electrons. The van der Waals surface area contributed by atoms with Crippen molar-refractivity contribution in [1.29, 1.82) is 0 Å². The number of fused-ring (bicyclic) bond motifs is 1. The van der Waals surface area contributed by atoms with Gasteiger partial charge in [-0.2, -0.15) is 0 Å².